The van der Waals surface area contributed by atoms with Crippen molar-refractivity contribution in [3.8, 4) is 11.8 Å². The summed E-state index contributed by atoms with van der Waals surface area (Å²) in [5.41, 5.74) is 1.17. The molecule has 0 saturated heterocycles. The second-order valence-corrected chi connectivity index (χ2v) is 7.83. The number of nitriles is 1. The number of ether oxygens (including phenoxy) is 1. The van der Waals surface area contributed by atoms with E-state index in [4.69, 9.17) is 4.74 Å². The molecule has 0 saturated carbocycles. The molecule has 0 atom stereocenters. The number of quaternary nitrogens is 1. The minimum absolute atomic E-state index is 0.202. The first kappa shape index (κ1) is 22.7. The smallest absolute Gasteiger partial charge is 0.261 e. The molecule has 1 aromatic rings. The van der Waals surface area contributed by atoms with Crippen LogP contribution in [0, 0.1) is 11.3 Å². The highest BCUT2D eigenvalue weighted by Gasteiger charge is 2.08. The number of hydrogen-bond donors (Lipinski definition) is 1. The van der Waals surface area contributed by atoms with E-state index in [9.17, 15) is 10.1 Å². The van der Waals surface area contributed by atoms with Crippen LogP contribution < -0.4 is 10.1 Å². The van der Waals surface area contributed by atoms with E-state index >= 15 is 0 Å². The summed E-state index contributed by atoms with van der Waals surface area (Å²) in [5, 5.41) is 12.0. The summed E-state index contributed by atoms with van der Waals surface area (Å²) in [6, 6.07) is 9.50. The van der Waals surface area contributed by atoms with Gasteiger partial charge in [0.2, 0.25) is 0 Å². The quantitative estimate of drug-likeness (QED) is 0.263. The summed E-state index contributed by atoms with van der Waals surface area (Å²) in [6.07, 6.45) is 8.38. The number of methoxy groups -OCH3 is 1. The number of rotatable bonds is 12. The van der Waals surface area contributed by atoms with Crippen molar-refractivity contribution in [3.63, 3.8) is 0 Å². The maximum absolute atomic E-state index is 12.1. The molecular formula is C22H34N3O2+. The second kappa shape index (κ2) is 12.1. The van der Waals surface area contributed by atoms with E-state index < -0.39 is 0 Å². The topological polar surface area (TPSA) is 62.1 Å². The zero-order chi connectivity index (χ0) is 20.1. The van der Waals surface area contributed by atoms with Crippen molar-refractivity contribution in [3.05, 3.63) is 41.5 Å². The molecule has 1 amide bonds. The van der Waals surface area contributed by atoms with Crippen molar-refractivity contribution < 1.29 is 14.0 Å². The standard InChI is InChI=1S/C22H33N3O2/c1-25(2,3)16-10-8-6-5-7-9-11-20(17-23)22(26)24-18-19-12-14-21(27-4)15-13-19/h11-15H,5-10,16,18H2,1-4H3/p+1/b20-11+. The predicted molar refractivity (Wildman–Crippen MR) is 109 cm³/mol. The Morgan fingerprint density at radius 3 is 2.33 bits per heavy atom. The van der Waals surface area contributed by atoms with Gasteiger partial charge >= 0.3 is 0 Å². The van der Waals surface area contributed by atoms with Gasteiger partial charge < -0.3 is 14.5 Å². The average molecular weight is 373 g/mol. The van der Waals surface area contributed by atoms with Gasteiger partial charge in [0.15, 0.2) is 0 Å². The Hall–Kier alpha value is -2.32. The van der Waals surface area contributed by atoms with Crippen molar-refractivity contribution in [2.75, 3.05) is 34.8 Å². The van der Waals surface area contributed by atoms with E-state index in [2.05, 4.69) is 26.5 Å². The zero-order valence-corrected chi connectivity index (χ0v) is 17.3. The molecule has 5 nitrogen and oxygen atoms in total. The van der Waals surface area contributed by atoms with Gasteiger partial charge in [0, 0.05) is 6.54 Å². The summed E-state index contributed by atoms with van der Waals surface area (Å²) in [7, 11) is 8.27. The van der Waals surface area contributed by atoms with E-state index in [1.807, 2.05) is 30.3 Å². The Labute approximate surface area is 164 Å². The Bertz CT molecular complexity index is 637. The van der Waals surface area contributed by atoms with Crippen LogP contribution in [0.15, 0.2) is 35.9 Å². The molecule has 0 aliphatic heterocycles. The lowest BCUT2D eigenvalue weighted by molar-refractivity contribution is -0.870. The molecule has 0 spiro atoms. The zero-order valence-electron chi connectivity index (χ0n) is 17.3. The highest BCUT2D eigenvalue weighted by atomic mass is 16.5. The lowest BCUT2D eigenvalue weighted by Crippen LogP contribution is -2.35. The molecule has 0 aliphatic carbocycles. The third-order valence-corrected chi connectivity index (χ3v) is 4.36. The SMILES string of the molecule is COc1ccc(CNC(=O)/C(C#N)=C/CCCCCCC[N+](C)(C)C)cc1. The van der Waals surface area contributed by atoms with Gasteiger partial charge in [-0.1, -0.05) is 31.1 Å². The molecule has 27 heavy (non-hydrogen) atoms. The van der Waals surface area contributed by atoms with Crippen LogP contribution in [0.2, 0.25) is 0 Å². The first-order chi connectivity index (χ1) is 12.9. The number of carbonyl (C=O) groups excluding carboxylic acids is 1. The van der Waals surface area contributed by atoms with Crippen LogP contribution in [0.5, 0.6) is 5.75 Å². The number of nitrogens with one attached hydrogen (secondary N) is 1. The molecule has 0 heterocycles. The summed E-state index contributed by atoms with van der Waals surface area (Å²) in [5.74, 6) is 0.469. The number of hydrogen-bond acceptors (Lipinski definition) is 3. The highest BCUT2D eigenvalue weighted by Crippen LogP contribution is 2.12. The molecule has 0 radical (unpaired) electrons. The minimum Gasteiger partial charge on any atom is -0.497 e. The predicted octanol–water partition coefficient (Wildman–Crippen LogP) is 3.81. The van der Waals surface area contributed by atoms with Crippen LogP contribution in [0.4, 0.5) is 0 Å². The largest absolute Gasteiger partial charge is 0.497 e. The highest BCUT2D eigenvalue weighted by molar-refractivity contribution is 5.97. The fourth-order valence-corrected chi connectivity index (χ4v) is 2.72. The first-order valence-electron chi connectivity index (χ1n) is 9.67. The number of unbranched alkanes of at least 4 members (excludes halogenated alkanes) is 5. The summed E-state index contributed by atoms with van der Waals surface area (Å²) >= 11 is 0. The molecule has 1 N–H and O–H groups in total. The minimum atomic E-state index is -0.309. The Balaban J connectivity index is 2.26. The molecule has 0 unspecified atom stereocenters. The second-order valence-electron chi connectivity index (χ2n) is 7.83. The molecule has 0 aliphatic rings. The number of amides is 1. The van der Waals surface area contributed by atoms with E-state index in [0.29, 0.717) is 6.54 Å². The van der Waals surface area contributed by atoms with Crippen molar-refractivity contribution >= 4 is 5.91 Å². The van der Waals surface area contributed by atoms with Gasteiger partial charge in [0.05, 0.1) is 34.8 Å². The molecule has 5 heteroatoms. The molecule has 1 aromatic carbocycles. The third-order valence-electron chi connectivity index (χ3n) is 4.36. The fraction of sp³-hybridized carbons (Fsp3) is 0.545. The van der Waals surface area contributed by atoms with Gasteiger partial charge in [-0.15, -0.1) is 0 Å². The number of carbonyl (C=O) groups is 1. The lowest BCUT2D eigenvalue weighted by Gasteiger charge is -2.23. The van der Waals surface area contributed by atoms with Gasteiger partial charge in [0.1, 0.15) is 17.4 Å². The summed E-state index contributed by atoms with van der Waals surface area (Å²) in [6.45, 7) is 1.60. The Morgan fingerprint density at radius 2 is 1.74 bits per heavy atom. The first-order valence-corrected chi connectivity index (χ1v) is 9.67. The van der Waals surface area contributed by atoms with Gasteiger partial charge in [0.25, 0.3) is 5.91 Å². The molecule has 0 fully saturated rings. The molecule has 0 bridgehead atoms. The van der Waals surface area contributed by atoms with Gasteiger partial charge in [-0.3, -0.25) is 4.79 Å². The van der Waals surface area contributed by atoms with Crippen molar-refractivity contribution in [1.29, 1.82) is 5.26 Å². The average Bonchev–Trinajstić information content (AvgIpc) is 2.64. The number of nitrogens with zero attached hydrogens (tertiary/aromatic N) is 2. The molecule has 1 rings (SSSR count). The van der Waals surface area contributed by atoms with Crippen LogP contribution in [0.1, 0.15) is 44.1 Å². The normalized spacial score (nSPS) is 11.7. The van der Waals surface area contributed by atoms with Crippen molar-refractivity contribution in [1.82, 2.24) is 5.32 Å². The van der Waals surface area contributed by atoms with Gasteiger partial charge in [-0.05, 0) is 43.4 Å². The van der Waals surface area contributed by atoms with E-state index in [0.717, 1.165) is 35.1 Å². The third kappa shape index (κ3) is 10.4. The number of benzene rings is 1. The van der Waals surface area contributed by atoms with Crippen LogP contribution in [0.3, 0.4) is 0 Å². The molecule has 0 aromatic heterocycles. The van der Waals surface area contributed by atoms with Crippen LogP contribution in [-0.4, -0.2) is 45.2 Å². The summed E-state index contributed by atoms with van der Waals surface area (Å²) in [4.78, 5) is 12.1. The van der Waals surface area contributed by atoms with E-state index in [1.165, 1.54) is 25.8 Å². The van der Waals surface area contributed by atoms with Crippen LogP contribution in [-0.2, 0) is 11.3 Å². The lowest BCUT2D eigenvalue weighted by atomic mass is 10.1. The fourth-order valence-electron chi connectivity index (χ4n) is 2.72. The van der Waals surface area contributed by atoms with Gasteiger partial charge in [-0.25, -0.2) is 0 Å². The maximum atomic E-state index is 12.1. The number of allylic oxidation sites excluding steroid dienone is 1. The van der Waals surface area contributed by atoms with Crippen molar-refractivity contribution in [2.45, 2.75) is 45.1 Å². The van der Waals surface area contributed by atoms with Crippen molar-refractivity contribution in [2.24, 2.45) is 0 Å². The van der Waals surface area contributed by atoms with Crippen LogP contribution in [0.25, 0.3) is 0 Å². The monoisotopic (exact) mass is 372 g/mol. The maximum Gasteiger partial charge on any atom is 0.261 e. The van der Waals surface area contributed by atoms with E-state index in [1.54, 1.807) is 13.2 Å². The summed E-state index contributed by atoms with van der Waals surface area (Å²) < 4.78 is 6.12. The molecule has 148 valence electrons. The molecular weight excluding hydrogens is 338 g/mol. The van der Waals surface area contributed by atoms with Crippen LogP contribution >= 0.6 is 0 Å². The Morgan fingerprint density at radius 1 is 1.11 bits per heavy atom. The Kier molecular flexibility index (Phi) is 10.2. The van der Waals surface area contributed by atoms with Gasteiger partial charge in [-0.2, -0.15) is 5.26 Å². The van der Waals surface area contributed by atoms with E-state index in [-0.39, 0.29) is 11.5 Å².